The molecule has 7 heteroatoms. The molecule has 2 rings (SSSR count). The van der Waals surface area contributed by atoms with Gasteiger partial charge in [-0.15, -0.1) is 0 Å². The third kappa shape index (κ3) is 4.34. The van der Waals surface area contributed by atoms with Crippen LogP contribution in [0.5, 0.6) is 0 Å². The van der Waals surface area contributed by atoms with Crippen molar-refractivity contribution < 1.29 is 9.53 Å². The lowest BCUT2D eigenvalue weighted by Gasteiger charge is -2.19. The van der Waals surface area contributed by atoms with Gasteiger partial charge in [-0.3, -0.25) is 4.68 Å². The summed E-state index contributed by atoms with van der Waals surface area (Å²) in [6, 6.07) is 1.95. The van der Waals surface area contributed by atoms with Gasteiger partial charge in [0, 0.05) is 19.4 Å². The summed E-state index contributed by atoms with van der Waals surface area (Å²) in [7, 11) is 1.89. The first-order chi connectivity index (χ1) is 9.85. The molecule has 0 fully saturated rings. The number of carbonyl (C=O) groups excluding carboxylic acids is 1. The van der Waals surface area contributed by atoms with E-state index >= 15 is 0 Å². The van der Waals surface area contributed by atoms with Crippen molar-refractivity contribution in [2.75, 3.05) is 0 Å². The molecule has 114 valence electrons. The van der Waals surface area contributed by atoms with E-state index in [1.807, 2.05) is 43.1 Å². The lowest BCUT2D eigenvalue weighted by atomic mass is 10.2. The minimum atomic E-state index is -0.501. The highest BCUT2D eigenvalue weighted by Crippen LogP contribution is 2.08. The van der Waals surface area contributed by atoms with Crippen molar-refractivity contribution in [2.24, 2.45) is 7.05 Å². The Morgan fingerprint density at radius 3 is 2.76 bits per heavy atom. The normalized spacial score (nSPS) is 11.4. The van der Waals surface area contributed by atoms with E-state index in [4.69, 9.17) is 4.74 Å². The Kier molecular flexibility index (Phi) is 4.30. The number of rotatable bonds is 4. The summed E-state index contributed by atoms with van der Waals surface area (Å²) >= 11 is 0. The lowest BCUT2D eigenvalue weighted by molar-refractivity contribution is 0.0522. The van der Waals surface area contributed by atoms with Crippen LogP contribution >= 0.6 is 0 Å². The number of alkyl carbamates (subject to hydrolysis) is 1. The summed E-state index contributed by atoms with van der Waals surface area (Å²) < 4.78 is 8.98. The Morgan fingerprint density at radius 2 is 2.14 bits per heavy atom. The molecule has 0 atom stereocenters. The molecular weight excluding hydrogens is 270 g/mol. The van der Waals surface area contributed by atoms with Crippen LogP contribution < -0.4 is 5.32 Å². The smallest absolute Gasteiger partial charge is 0.407 e. The summed E-state index contributed by atoms with van der Waals surface area (Å²) in [5.41, 5.74) is 1.47. The minimum Gasteiger partial charge on any atom is -0.444 e. The van der Waals surface area contributed by atoms with Gasteiger partial charge in [-0.2, -0.15) is 5.10 Å². The van der Waals surface area contributed by atoms with Gasteiger partial charge >= 0.3 is 6.09 Å². The summed E-state index contributed by atoms with van der Waals surface area (Å²) in [5.74, 6) is 0. The highest BCUT2D eigenvalue weighted by atomic mass is 16.6. The molecule has 0 bridgehead atoms. The maximum Gasteiger partial charge on any atom is 0.407 e. The fourth-order valence-corrected chi connectivity index (χ4v) is 1.85. The average Bonchev–Trinajstić information content (AvgIpc) is 2.95. The first-order valence-electron chi connectivity index (χ1n) is 6.78. The molecule has 2 aromatic heterocycles. The van der Waals surface area contributed by atoms with Crippen molar-refractivity contribution in [2.45, 2.75) is 39.5 Å². The second-order valence-electron chi connectivity index (χ2n) is 5.81. The molecule has 0 saturated heterocycles. The zero-order chi connectivity index (χ0) is 15.5. The van der Waals surface area contributed by atoms with Gasteiger partial charge in [0.2, 0.25) is 0 Å². The van der Waals surface area contributed by atoms with E-state index in [9.17, 15) is 4.79 Å². The third-order valence-corrected chi connectivity index (χ3v) is 2.87. The van der Waals surface area contributed by atoms with E-state index in [1.54, 1.807) is 18.7 Å². The highest BCUT2D eigenvalue weighted by Gasteiger charge is 2.16. The Bertz CT molecular complexity index is 609. The number of nitrogens with zero attached hydrogens (tertiary/aromatic N) is 4. The number of aryl methyl sites for hydroxylation is 1. The number of nitrogens with one attached hydrogen (secondary N) is 1. The quantitative estimate of drug-likeness (QED) is 0.930. The van der Waals surface area contributed by atoms with Gasteiger partial charge in [0.25, 0.3) is 0 Å². The Balaban J connectivity index is 1.95. The number of hydrogen-bond donors (Lipinski definition) is 1. The molecule has 0 saturated carbocycles. The van der Waals surface area contributed by atoms with Crippen molar-refractivity contribution in [1.29, 1.82) is 0 Å². The lowest BCUT2D eigenvalue weighted by Crippen LogP contribution is -2.32. The van der Waals surface area contributed by atoms with Crippen LogP contribution in [0.15, 0.2) is 24.8 Å². The number of imidazole rings is 1. The van der Waals surface area contributed by atoms with Gasteiger partial charge in [-0.05, 0) is 26.8 Å². The molecular formula is C14H21N5O2. The predicted molar refractivity (Wildman–Crippen MR) is 77.6 cm³/mol. The first-order valence-corrected chi connectivity index (χ1v) is 6.78. The average molecular weight is 291 g/mol. The Hall–Kier alpha value is -2.31. The largest absolute Gasteiger partial charge is 0.444 e. The van der Waals surface area contributed by atoms with Crippen LogP contribution in [0.4, 0.5) is 4.79 Å². The topological polar surface area (TPSA) is 74.0 Å². The van der Waals surface area contributed by atoms with Crippen molar-refractivity contribution in [3.05, 3.63) is 36.2 Å². The molecule has 7 nitrogen and oxygen atoms in total. The number of aromatic nitrogens is 4. The van der Waals surface area contributed by atoms with E-state index in [-0.39, 0.29) is 0 Å². The molecule has 0 radical (unpaired) electrons. The van der Waals surface area contributed by atoms with Gasteiger partial charge in [0.15, 0.2) is 0 Å². The van der Waals surface area contributed by atoms with Gasteiger partial charge in [-0.1, -0.05) is 0 Å². The molecule has 2 aromatic rings. The number of ether oxygens (including phenoxy) is 1. The fraction of sp³-hybridized carbons (Fsp3) is 0.500. The van der Waals surface area contributed by atoms with Crippen LogP contribution in [0.2, 0.25) is 0 Å². The standard InChI is InChI=1S/C14H21N5O2/c1-14(2,3)21-13(20)16-8-12-7-15-10-19(12)9-11-5-6-17-18(11)4/h5-7,10H,8-9H2,1-4H3,(H,16,20). The highest BCUT2D eigenvalue weighted by molar-refractivity contribution is 5.67. The van der Waals surface area contributed by atoms with Crippen LogP contribution in [-0.2, 0) is 24.9 Å². The van der Waals surface area contributed by atoms with Crippen molar-refractivity contribution >= 4 is 6.09 Å². The second kappa shape index (κ2) is 5.99. The minimum absolute atomic E-state index is 0.368. The molecule has 21 heavy (non-hydrogen) atoms. The molecule has 1 N–H and O–H groups in total. The Morgan fingerprint density at radius 1 is 1.38 bits per heavy atom. The van der Waals surface area contributed by atoms with Crippen molar-refractivity contribution in [3.63, 3.8) is 0 Å². The molecule has 2 heterocycles. The molecule has 0 aliphatic carbocycles. The summed E-state index contributed by atoms with van der Waals surface area (Å²) in [5, 5.41) is 6.87. The molecule has 0 aliphatic heterocycles. The van der Waals surface area contributed by atoms with E-state index in [2.05, 4.69) is 15.4 Å². The van der Waals surface area contributed by atoms with Gasteiger partial charge < -0.3 is 14.6 Å². The number of amides is 1. The van der Waals surface area contributed by atoms with Gasteiger partial charge in [0.1, 0.15) is 5.60 Å². The maximum absolute atomic E-state index is 11.7. The molecule has 0 aromatic carbocycles. The van der Waals surface area contributed by atoms with Crippen LogP contribution in [0.1, 0.15) is 32.2 Å². The summed E-state index contributed by atoms with van der Waals surface area (Å²) in [6.45, 7) is 6.52. The van der Waals surface area contributed by atoms with Crippen molar-refractivity contribution in [3.8, 4) is 0 Å². The van der Waals surface area contributed by atoms with Crippen LogP contribution in [0.3, 0.4) is 0 Å². The maximum atomic E-state index is 11.7. The first kappa shape index (κ1) is 15.1. The summed E-state index contributed by atoms with van der Waals surface area (Å²) in [4.78, 5) is 15.8. The number of hydrogen-bond acceptors (Lipinski definition) is 4. The SMILES string of the molecule is Cn1nccc1Cn1cncc1CNC(=O)OC(C)(C)C. The molecule has 0 aliphatic rings. The Labute approximate surface area is 123 Å². The predicted octanol–water partition coefficient (Wildman–Crippen LogP) is 1.69. The third-order valence-electron chi connectivity index (χ3n) is 2.87. The second-order valence-corrected chi connectivity index (χ2v) is 5.81. The van der Waals surface area contributed by atoms with E-state index in [0.717, 1.165) is 11.4 Å². The van der Waals surface area contributed by atoms with E-state index < -0.39 is 11.7 Å². The number of carbonyl (C=O) groups is 1. The molecule has 0 spiro atoms. The summed E-state index contributed by atoms with van der Waals surface area (Å²) in [6.07, 6.45) is 4.79. The van der Waals surface area contributed by atoms with E-state index in [0.29, 0.717) is 13.1 Å². The van der Waals surface area contributed by atoms with Crippen LogP contribution in [0, 0.1) is 0 Å². The zero-order valence-electron chi connectivity index (χ0n) is 12.8. The van der Waals surface area contributed by atoms with E-state index in [1.165, 1.54) is 0 Å². The molecule has 0 unspecified atom stereocenters. The van der Waals surface area contributed by atoms with Gasteiger partial charge in [-0.25, -0.2) is 9.78 Å². The van der Waals surface area contributed by atoms with Crippen molar-refractivity contribution in [1.82, 2.24) is 24.6 Å². The van der Waals surface area contributed by atoms with Crippen LogP contribution in [-0.4, -0.2) is 31.0 Å². The molecule has 1 amide bonds. The zero-order valence-corrected chi connectivity index (χ0v) is 12.8. The van der Waals surface area contributed by atoms with Crippen LogP contribution in [0.25, 0.3) is 0 Å². The fourth-order valence-electron chi connectivity index (χ4n) is 1.85. The monoisotopic (exact) mass is 291 g/mol. The van der Waals surface area contributed by atoms with Gasteiger partial charge in [0.05, 0.1) is 30.8 Å².